The summed E-state index contributed by atoms with van der Waals surface area (Å²) in [6.45, 7) is 6.88. The minimum Gasteiger partial charge on any atom is -0.371 e. The first kappa shape index (κ1) is 12.5. The van der Waals surface area contributed by atoms with Gasteiger partial charge in [-0.2, -0.15) is 0 Å². The quantitative estimate of drug-likeness (QED) is 0.840. The lowest BCUT2D eigenvalue weighted by Gasteiger charge is -2.30. The van der Waals surface area contributed by atoms with Crippen molar-refractivity contribution in [3.05, 3.63) is 42.5 Å². The highest BCUT2D eigenvalue weighted by molar-refractivity contribution is 5.85. The van der Waals surface area contributed by atoms with E-state index in [1.165, 1.54) is 22.9 Å². The van der Waals surface area contributed by atoms with Crippen LogP contribution in [0.15, 0.2) is 42.5 Å². The van der Waals surface area contributed by atoms with Gasteiger partial charge in [0.15, 0.2) is 0 Å². The van der Waals surface area contributed by atoms with Crippen molar-refractivity contribution in [1.29, 1.82) is 0 Å². The summed E-state index contributed by atoms with van der Waals surface area (Å²) in [5.41, 5.74) is 1.37. The van der Waals surface area contributed by atoms with Crippen LogP contribution in [-0.2, 0) is 0 Å². The molecular weight excluding hydrogens is 232 g/mol. The maximum Gasteiger partial charge on any atom is 0.0372 e. The van der Waals surface area contributed by atoms with Crippen molar-refractivity contribution in [3.8, 4) is 0 Å². The summed E-state index contributed by atoms with van der Waals surface area (Å²) in [7, 11) is 0. The molecule has 2 aromatic rings. The lowest BCUT2D eigenvalue weighted by Crippen LogP contribution is -2.38. The van der Waals surface area contributed by atoms with Crippen LogP contribution < -0.4 is 10.2 Å². The van der Waals surface area contributed by atoms with E-state index in [2.05, 4.69) is 59.6 Å². The first-order chi connectivity index (χ1) is 9.33. The molecular formula is C17H22N2. The van der Waals surface area contributed by atoms with Gasteiger partial charge in [0, 0.05) is 18.8 Å². The Kier molecular flexibility index (Phi) is 3.69. The van der Waals surface area contributed by atoms with E-state index in [1.54, 1.807) is 0 Å². The minimum atomic E-state index is 0.701. The van der Waals surface area contributed by atoms with Gasteiger partial charge in [-0.15, -0.1) is 0 Å². The van der Waals surface area contributed by atoms with Crippen LogP contribution in [0, 0.1) is 5.92 Å². The molecule has 1 unspecified atom stereocenters. The number of rotatable bonds is 1. The second kappa shape index (κ2) is 5.62. The molecule has 1 N–H and O–H groups in total. The number of hydrogen-bond acceptors (Lipinski definition) is 2. The summed E-state index contributed by atoms with van der Waals surface area (Å²) < 4.78 is 0. The highest BCUT2D eigenvalue weighted by atomic mass is 15.1. The fourth-order valence-corrected chi connectivity index (χ4v) is 2.88. The molecule has 0 amide bonds. The Balaban J connectivity index is 1.88. The van der Waals surface area contributed by atoms with E-state index < -0.39 is 0 Å². The Morgan fingerprint density at radius 3 is 2.84 bits per heavy atom. The molecule has 0 radical (unpaired) electrons. The fraction of sp³-hybridized carbons (Fsp3) is 0.412. The molecule has 0 spiro atoms. The SMILES string of the molecule is CC1CNCCCN(c2ccc3ccccc3c2)C1. The number of fused-ring (bicyclic) bond motifs is 1. The smallest absolute Gasteiger partial charge is 0.0372 e. The third kappa shape index (κ3) is 2.90. The molecule has 1 atom stereocenters. The normalized spacial score (nSPS) is 21.1. The number of nitrogens with one attached hydrogen (secondary N) is 1. The second-order valence-corrected chi connectivity index (χ2v) is 5.64. The van der Waals surface area contributed by atoms with E-state index in [0.717, 1.165) is 26.2 Å². The molecule has 1 heterocycles. The molecule has 19 heavy (non-hydrogen) atoms. The number of hydrogen-bond donors (Lipinski definition) is 1. The predicted molar refractivity (Wildman–Crippen MR) is 82.8 cm³/mol. The zero-order valence-corrected chi connectivity index (χ0v) is 11.6. The van der Waals surface area contributed by atoms with Crippen molar-refractivity contribution >= 4 is 16.5 Å². The second-order valence-electron chi connectivity index (χ2n) is 5.64. The van der Waals surface area contributed by atoms with Crippen molar-refractivity contribution in [1.82, 2.24) is 5.32 Å². The molecule has 3 rings (SSSR count). The van der Waals surface area contributed by atoms with Crippen LogP contribution in [0.25, 0.3) is 10.8 Å². The van der Waals surface area contributed by atoms with Crippen molar-refractivity contribution < 1.29 is 0 Å². The van der Waals surface area contributed by atoms with Crippen LogP contribution >= 0.6 is 0 Å². The van der Waals surface area contributed by atoms with Crippen LogP contribution in [0.1, 0.15) is 13.3 Å². The highest BCUT2D eigenvalue weighted by Crippen LogP contribution is 2.23. The first-order valence-electron chi connectivity index (χ1n) is 7.27. The van der Waals surface area contributed by atoms with Gasteiger partial charge in [0.1, 0.15) is 0 Å². The average Bonchev–Trinajstić information content (AvgIpc) is 2.42. The van der Waals surface area contributed by atoms with Gasteiger partial charge in [-0.05, 0) is 48.3 Å². The third-order valence-electron chi connectivity index (χ3n) is 3.90. The summed E-state index contributed by atoms with van der Waals surface area (Å²) in [6, 6.07) is 15.4. The van der Waals surface area contributed by atoms with Crippen molar-refractivity contribution in [3.63, 3.8) is 0 Å². The maximum atomic E-state index is 3.51. The zero-order chi connectivity index (χ0) is 13.1. The molecule has 2 heteroatoms. The summed E-state index contributed by atoms with van der Waals surface area (Å²) in [6.07, 6.45) is 1.22. The fourth-order valence-electron chi connectivity index (χ4n) is 2.88. The number of anilines is 1. The van der Waals surface area contributed by atoms with E-state index in [4.69, 9.17) is 0 Å². The monoisotopic (exact) mass is 254 g/mol. The van der Waals surface area contributed by atoms with Gasteiger partial charge in [-0.1, -0.05) is 37.3 Å². The predicted octanol–water partition coefficient (Wildman–Crippen LogP) is 3.28. The van der Waals surface area contributed by atoms with Crippen LogP contribution in [0.4, 0.5) is 5.69 Å². The Hall–Kier alpha value is -1.54. The van der Waals surface area contributed by atoms with Crippen molar-refractivity contribution in [2.75, 3.05) is 31.1 Å². The zero-order valence-electron chi connectivity index (χ0n) is 11.6. The largest absolute Gasteiger partial charge is 0.371 e. The van der Waals surface area contributed by atoms with E-state index in [-0.39, 0.29) is 0 Å². The van der Waals surface area contributed by atoms with Crippen molar-refractivity contribution in [2.24, 2.45) is 5.92 Å². The molecule has 100 valence electrons. The molecule has 2 nitrogen and oxygen atoms in total. The number of nitrogens with zero attached hydrogens (tertiary/aromatic N) is 1. The summed E-state index contributed by atoms with van der Waals surface area (Å²) in [5, 5.41) is 6.18. The van der Waals surface area contributed by atoms with E-state index in [1.807, 2.05) is 0 Å². The molecule has 2 aromatic carbocycles. The van der Waals surface area contributed by atoms with Gasteiger partial charge in [0.05, 0.1) is 0 Å². The van der Waals surface area contributed by atoms with Gasteiger partial charge in [-0.25, -0.2) is 0 Å². The van der Waals surface area contributed by atoms with Crippen molar-refractivity contribution in [2.45, 2.75) is 13.3 Å². The standard InChI is InChI=1S/C17H22N2/c1-14-12-18-9-4-10-19(13-14)17-8-7-15-5-2-3-6-16(15)11-17/h2-3,5-8,11,14,18H,4,9-10,12-13H2,1H3. The Bertz CT molecular complexity index is 550. The summed E-state index contributed by atoms with van der Waals surface area (Å²) in [4.78, 5) is 2.54. The molecule has 0 saturated carbocycles. The molecule has 0 aromatic heterocycles. The number of benzene rings is 2. The lowest BCUT2D eigenvalue weighted by atomic mass is 10.1. The maximum absolute atomic E-state index is 3.51. The van der Waals surface area contributed by atoms with Gasteiger partial charge < -0.3 is 10.2 Å². The highest BCUT2D eigenvalue weighted by Gasteiger charge is 2.13. The average molecular weight is 254 g/mol. The van der Waals surface area contributed by atoms with Gasteiger partial charge in [0.2, 0.25) is 0 Å². The Labute approximate surface area is 115 Å². The van der Waals surface area contributed by atoms with Gasteiger partial charge in [-0.3, -0.25) is 0 Å². The van der Waals surface area contributed by atoms with Crippen LogP contribution in [0.3, 0.4) is 0 Å². The van der Waals surface area contributed by atoms with E-state index in [0.29, 0.717) is 5.92 Å². The molecule has 1 aliphatic heterocycles. The third-order valence-corrected chi connectivity index (χ3v) is 3.90. The van der Waals surface area contributed by atoms with E-state index in [9.17, 15) is 0 Å². The van der Waals surface area contributed by atoms with E-state index >= 15 is 0 Å². The first-order valence-corrected chi connectivity index (χ1v) is 7.27. The molecule has 1 fully saturated rings. The van der Waals surface area contributed by atoms with Crippen LogP contribution in [0.2, 0.25) is 0 Å². The molecule has 0 aliphatic carbocycles. The molecule has 1 aliphatic rings. The Morgan fingerprint density at radius 2 is 1.95 bits per heavy atom. The minimum absolute atomic E-state index is 0.701. The van der Waals surface area contributed by atoms with Crippen LogP contribution in [0.5, 0.6) is 0 Å². The summed E-state index contributed by atoms with van der Waals surface area (Å²) in [5.74, 6) is 0.701. The Morgan fingerprint density at radius 1 is 1.11 bits per heavy atom. The summed E-state index contributed by atoms with van der Waals surface area (Å²) >= 11 is 0. The lowest BCUT2D eigenvalue weighted by molar-refractivity contribution is 0.468. The van der Waals surface area contributed by atoms with Gasteiger partial charge in [0.25, 0.3) is 0 Å². The molecule has 1 saturated heterocycles. The topological polar surface area (TPSA) is 15.3 Å². The molecule has 0 bridgehead atoms. The van der Waals surface area contributed by atoms with Gasteiger partial charge >= 0.3 is 0 Å². The van der Waals surface area contributed by atoms with Crippen LogP contribution in [-0.4, -0.2) is 26.2 Å².